The SMILES string of the molecule is COC(=O)C1=NN(C)C(C)=C(C(=O)OC(C)C)C1c1cccc2nonc12. The maximum Gasteiger partial charge on any atom is 0.355 e. The van der Waals surface area contributed by atoms with Crippen LogP contribution in [0.3, 0.4) is 0 Å². The van der Waals surface area contributed by atoms with Gasteiger partial charge in [0.15, 0.2) is 5.71 Å². The summed E-state index contributed by atoms with van der Waals surface area (Å²) >= 11 is 0. The molecule has 0 fully saturated rings. The van der Waals surface area contributed by atoms with Gasteiger partial charge < -0.3 is 9.47 Å². The summed E-state index contributed by atoms with van der Waals surface area (Å²) in [6.45, 7) is 5.25. The second kappa shape index (κ2) is 7.18. The van der Waals surface area contributed by atoms with Gasteiger partial charge in [0, 0.05) is 12.7 Å². The molecule has 0 bridgehead atoms. The predicted molar refractivity (Wildman–Crippen MR) is 95.7 cm³/mol. The van der Waals surface area contributed by atoms with Gasteiger partial charge in [-0.3, -0.25) is 5.01 Å². The second-order valence-electron chi connectivity index (χ2n) is 6.37. The number of hydrazone groups is 1. The van der Waals surface area contributed by atoms with Crippen LogP contribution in [0, 0.1) is 0 Å². The highest BCUT2D eigenvalue weighted by Crippen LogP contribution is 2.37. The number of aromatic nitrogens is 2. The van der Waals surface area contributed by atoms with Crippen molar-refractivity contribution in [3.8, 4) is 0 Å². The van der Waals surface area contributed by atoms with E-state index < -0.39 is 17.9 Å². The minimum Gasteiger partial charge on any atom is -0.464 e. The molecule has 1 aliphatic rings. The average Bonchev–Trinajstić information content (AvgIpc) is 3.10. The van der Waals surface area contributed by atoms with Gasteiger partial charge in [-0.1, -0.05) is 12.1 Å². The first-order valence-corrected chi connectivity index (χ1v) is 8.38. The lowest BCUT2D eigenvalue weighted by Crippen LogP contribution is -2.37. The number of carbonyl (C=O) groups is 2. The van der Waals surface area contributed by atoms with Crippen molar-refractivity contribution in [1.29, 1.82) is 0 Å². The van der Waals surface area contributed by atoms with Crippen LogP contribution in [-0.2, 0) is 19.1 Å². The number of ether oxygens (including phenoxy) is 2. The van der Waals surface area contributed by atoms with Crippen molar-refractivity contribution in [2.75, 3.05) is 14.2 Å². The molecule has 3 rings (SSSR count). The van der Waals surface area contributed by atoms with E-state index in [4.69, 9.17) is 14.1 Å². The van der Waals surface area contributed by atoms with Crippen molar-refractivity contribution in [3.63, 3.8) is 0 Å². The maximum absolute atomic E-state index is 12.9. The molecule has 1 unspecified atom stereocenters. The lowest BCUT2D eigenvalue weighted by atomic mass is 9.83. The lowest BCUT2D eigenvalue weighted by molar-refractivity contribution is -0.143. The number of hydrogen-bond donors (Lipinski definition) is 0. The summed E-state index contributed by atoms with van der Waals surface area (Å²) in [7, 11) is 2.91. The molecule has 1 aromatic carbocycles. The van der Waals surface area contributed by atoms with Gasteiger partial charge in [0.2, 0.25) is 0 Å². The summed E-state index contributed by atoms with van der Waals surface area (Å²) in [6.07, 6.45) is -0.325. The van der Waals surface area contributed by atoms with Crippen molar-refractivity contribution < 1.29 is 23.7 Å². The molecule has 2 heterocycles. The summed E-state index contributed by atoms with van der Waals surface area (Å²) in [5.74, 6) is -2.01. The van der Waals surface area contributed by atoms with Gasteiger partial charge in [-0.25, -0.2) is 14.2 Å². The molecule has 0 saturated carbocycles. The quantitative estimate of drug-likeness (QED) is 0.750. The van der Waals surface area contributed by atoms with Crippen molar-refractivity contribution in [1.82, 2.24) is 15.3 Å². The zero-order valence-corrected chi connectivity index (χ0v) is 15.7. The third-order valence-electron chi connectivity index (χ3n) is 4.28. The van der Waals surface area contributed by atoms with Crippen LogP contribution in [0.25, 0.3) is 11.0 Å². The molecule has 2 aromatic rings. The van der Waals surface area contributed by atoms with Gasteiger partial charge in [-0.15, -0.1) is 0 Å². The fourth-order valence-corrected chi connectivity index (χ4v) is 2.98. The highest BCUT2D eigenvalue weighted by molar-refractivity contribution is 6.40. The first kappa shape index (κ1) is 18.6. The average molecular weight is 372 g/mol. The van der Waals surface area contributed by atoms with E-state index in [0.29, 0.717) is 22.3 Å². The topological polar surface area (TPSA) is 107 Å². The van der Waals surface area contributed by atoms with Crippen LogP contribution in [0.4, 0.5) is 0 Å². The molecule has 1 atom stereocenters. The third-order valence-corrected chi connectivity index (χ3v) is 4.28. The van der Waals surface area contributed by atoms with Gasteiger partial charge in [0.25, 0.3) is 0 Å². The summed E-state index contributed by atoms with van der Waals surface area (Å²) in [4.78, 5) is 25.4. The molecule has 0 radical (unpaired) electrons. The van der Waals surface area contributed by atoms with Crippen molar-refractivity contribution in [2.24, 2.45) is 5.10 Å². The van der Waals surface area contributed by atoms with Crippen molar-refractivity contribution in [2.45, 2.75) is 32.8 Å². The molecule has 1 aliphatic heterocycles. The van der Waals surface area contributed by atoms with E-state index in [0.717, 1.165) is 0 Å². The van der Waals surface area contributed by atoms with E-state index in [1.54, 1.807) is 46.0 Å². The van der Waals surface area contributed by atoms with Crippen LogP contribution in [-0.4, -0.2) is 53.2 Å². The van der Waals surface area contributed by atoms with Gasteiger partial charge in [-0.2, -0.15) is 5.10 Å². The Morgan fingerprint density at radius 2 is 1.96 bits per heavy atom. The minimum atomic E-state index is -0.824. The van der Waals surface area contributed by atoms with E-state index in [-0.39, 0.29) is 17.4 Å². The Labute approximate surface area is 155 Å². The molecular weight excluding hydrogens is 352 g/mol. The summed E-state index contributed by atoms with van der Waals surface area (Å²) in [6, 6.07) is 5.22. The number of benzene rings is 1. The van der Waals surface area contributed by atoms with Crippen LogP contribution in [0.5, 0.6) is 0 Å². The highest BCUT2D eigenvalue weighted by atomic mass is 16.6. The maximum atomic E-state index is 12.9. The zero-order chi connectivity index (χ0) is 19.7. The molecule has 9 heteroatoms. The van der Waals surface area contributed by atoms with Crippen molar-refractivity contribution in [3.05, 3.63) is 35.0 Å². The monoisotopic (exact) mass is 372 g/mol. The Morgan fingerprint density at radius 1 is 1.22 bits per heavy atom. The third kappa shape index (κ3) is 3.27. The van der Waals surface area contributed by atoms with Crippen LogP contribution in [0.15, 0.2) is 39.2 Å². The Bertz CT molecular complexity index is 960. The minimum absolute atomic E-state index is 0.0526. The van der Waals surface area contributed by atoms with Crippen molar-refractivity contribution >= 4 is 28.7 Å². The Balaban J connectivity index is 2.24. The standard InChI is InChI=1S/C18H20N4O5/c1-9(2)26-17(23)13-10(3)22(4)19-16(18(24)25-5)14(13)11-7-6-8-12-15(11)21-27-20-12/h6-9,14H,1-5H3. The lowest BCUT2D eigenvalue weighted by Gasteiger charge is -2.30. The first-order valence-electron chi connectivity index (χ1n) is 8.38. The zero-order valence-electron chi connectivity index (χ0n) is 15.7. The molecule has 1 aromatic heterocycles. The molecule has 0 N–H and O–H groups in total. The van der Waals surface area contributed by atoms with E-state index >= 15 is 0 Å². The van der Waals surface area contributed by atoms with Gasteiger partial charge in [-0.05, 0) is 42.7 Å². The van der Waals surface area contributed by atoms with E-state index in [1.165, 1.54) is 12.1 Å². The summed E-state index contributed by atoms with van der Waals surface area (Å²) < 4.78 is 15.2. The fourth-order valence-electron chi connectivity index (χ4n) is 2.98. The summed E-state index contributed by atoms with van der Waals surface area (Å²) in [5, 5.41) is 13.5. The highest BCUT2D eigenvalue weighted by Gasteiger charge is 2.40. The molecule has 0 saturated heterocycles. The predicted octanol–water partition coefficient (Wildman–Crippen LogP) is 2.01. The smallest absolute Gasteiger partial charge is 0.355 e. The fraction of sp³-hybridized carbons (Fsp3) is 0.389. The molecule has 142 valence electrons. The normalized spacial score (nSPS) is 17.3. The molecular formula is C18H20N4O5. The molecule has 0 spiro atoms. The Morgan fingerprint density at radius 3 is 2.63 bits per heavy atom. The molecule has 0 aliphatic carbocycles. The summed E-state index contributed by atoms with van der Waals surface area (Å²) in [5.41, 5.74) is 2.40. The Kier molecular flexibility index (Phi) is 4.93. The van der Waals surface area contributed by atoms with Gasteiger partial charge >= 0.3 is 11.9 Å². The molecule has 27 heavy (non-hydrogen) atoms. The number of fused-ring (bicyclic) bond motifs is 1. The number of allylic oxidation sites excluding steroid dienone is 1. The molecule has 0 amide bonds. The van der Waals surface area contributed by atoms with Crippen LogP contribution in [0.1, 0.15) is 32.3 Å². The largest absolute Gasteiger partial charge is 0.464 e. The van der Waals surface area contributed by atoms with E-state index in [2.05, 4.69) is 15.4 Å². The van der Waals surface area contributed by atoms with Gasteiger partial charge in [0.05, 0.1) is 24.7 Å². The van der Waals surface area contributed by atoms with Gasteiger partial charge in [0.1, 0.15) is 11.0 Å². The number of hydrogen-bond acceptors (Lipinski definition) is 9. The molecule has 9 nitrogen and oxygen atoms in total. The number of esters is 2. The van der Waals surface area contributed by atoms with Crippen LogP contribution >= 0.6 is 0 Å². The first-order chi connectivity index (χ1) is 12.8. The van der Waals surface area contributed by atoms with Crippen LogP contribution in [0.2, 0.25) is 0 Å². The number of methoxy groups -OCH3 is 1. The van der Waals surface area contributed by atoms with E-state index in [9.17, 15) is 9.59 Å². The number of nitrogens with zero attached hydrogens (tertiary/aromatic N) is 4. The number of carbonyl (C=O) groups excluding carboxylic acids is 2. The van der Waals surface area contributed by atoms with Crippen LogP contribution < -0.4 is 0 Å². The Hall–Kier alpha value is -3.23. The second-order valence-corrected chi connectivity index (χ2v) is 6.37. The number of rotatable bonds is 4. The van der Waals surface area contributed by atoms with E-state index in [1.807, 2.05) is 0 Å².